The zero-order chi connectivity index (χ0) is 14.3. The summed E-state index contributed by atoms with van der Waals surface area (Å²) in [7, 11) is 0. The second kappa shape index (κ2) is 8.27. The Balaban J connectivity index is 2.74. The van der Waals surface area contributed by atoms with Crippen molar-refractivity contribution in [1.82, 2.24) is 9.97 Å². The zero-order valence-corrected chi connectivity index (χ0v) is 12.9. The van der Waals surface area contributed by atoms with Crippen LogP contribution < -0.4 is 5.56 Å². The van der Waals surface area contributed by atoms with E-state index in [2.05, 4.69) is 16.9 Å². The molecule has 0 aromatic carbocycles. The van der Waals surface area contributed by atoms with Gasteiger partial charge in [0.2, 0.25) is 0 Å². The van der Waals surface area contributed by atoms with E-state index >= 15 is 0 Å². The first kappa shape index (κ1) is 16.1. The Bertz CT molecular complexity index is 476. The highest BCUT2D eigenvalue weighted by Crippen LogP contribution is 2.20. The Morgan fingerprint density at radius 3 is 2.89 bits per heavy atom. The van der Waals surface area contributed by atoms with Crippen molar-refractivity contribution in [2.75, 3.05) is 12.4 Å². The van der Waals surface area contributed by atoms with Crippen LogP contribution >= 0.6 is 23.5 Å². The van der Waals surface area contributed by atoms with Gasteiger partial charge in [0.1, 0.15) is 5.25 Å². The Hall–Kier alpha value is -0.950. The number of hydrogen-bond donors (Lipinski definition) is 1. The predicted octanol–water partition coefficient (Wildman–Crippen LogP) is 2.07. The van der Waals surface area contributed by atoms with E-state index in [1.165, 1.54) is 17.8 Å². The SMILES string of the molecule is CCOC(=O)C(C)Sc1nc(CSCC)cc(=O)[nH]1. The molecule has 1 rings (SSSR count). The minimum Gasteiger partial charge on any atom is -0.465 e. The molecule has 1 heterocycles. The first-order valence-corrected chi connectivity index (χ1v) is 8.11. The number of aromatic amines is 1. The monoisotopic (exact) mass is 302 g/mol. The number of esters is 1. The van der Waals surface area contributed by atoms with Crippen molar-refractivity contribution in [3.63, 3.8) is 0 Å². The van der Waals surface area contributed by atoms with E-state index in [0.29, 0.717) is 17.5 Å². The smallest absolute Gasteiger partial charge is 0.319 e. The largest absolute Gasteiger partial charge is 0.465 e. The van der Waals surface area contributed by atoms with Gasteiger partial charge in [-0.1, -0.05) is 18.7 Å². The average molecular weight is 302 g/mol. The van der Waals surface area contributed by atoms with Crippen LogP contribution in [0.15, 0.2) is 16.0 Å². The fraction of sp³-hybridized carbons (Fsp3) is 0.583. The van der Waals surface area contributed by atoms with Crippen molar-refractivity contribution in [3.05, 3.63) is 22.1 Å². The van der Waals surface area contributed by atoms with E-state index in [1.807, 2.05) is 0 Å². The van der Waals surface area contributed by atoms with Gasteiger partial charge < -0.3 is 9.72 Å². The minimum absolute atomic E-state index is 0.194. The van der Waals surface area contributed by atoms with Crippen LogP contribution in [-0.2, 0) is 15.3 Å². The number of thioether (sulfide) groups is 2. The molecule has 7 heteroatoms. The van der Waals surface area contributed by atoms with Gasteiger partial charge in [-0.25, -0.2) is 4.98 Å². The Morgan fingerprint density at radius 1 is 1.53 bits per heavy atom. The molecule has 0 spiro atoms. The number of hydrogen-bond acceptors (Lipinski definition) is 6. The molecule has 0 aliphatic carbocycles. The quantitative estimate of drug-likeness (QED) is 0.472. The van der Waals surface area contributed by atoms with Crippen LogP contribution in [0.2, 0.25) is 0 Å². The van der Waals surface area contributed by atoms with Crippen LogP contribution in [0.3, 0.4) is 0 Å². The molecule has 0 saturated heterocycles. The lowest BCUT2D eigenvalue weighted by atomic mass is 10.5. The van der Waals surface area contributed by atoms with Gasteiger partial charge in [-0.15, -0.1) is 0 Å². The predicted molar refractivity (Wildman–Crippen MR) is 78.6 cm³/mol. The van der Waals surface area contributed by atoms with Crippen LogP contribution in [0.25, 0.3) is 0 Å². The van der Waals surface area contributed by atoms with E-state index in [0.717, 1.165) is 11.4 Å². The van der Waals surface area contributed by atoms with Gasteiger partial charge in [0.25, 0.3) is 5.56 Å². The molecule has 0 aliphatic heterocycles. The van der Waals surface area contributed by atoms with Gasteiger partial charge in [-0.05, 0) is 19.6 Å². The number of nitrogens with zero attached hydrogens (tertiary/aromatic N) is 1. The molecule has 1 aromatic rings. The summed E-state index contributed by atoms with van der Waals surface area (Å²) >= 11 is 2.90. The molecular weight excluding hydrogens is 284 g/mol. The first-order valence-electron chi connectivity index (χ1n) is 6.08. The molecule has 0 fully saturated rings. The maximum Gasteiger partial charge on any atom is 0.319 e. The van der Waals surface area contributed by atoms with Crippen molar-refractivity contribution >= 4 is 29.5 Å². The maximum absolute atomic E-state index is 11.5. The molecule has 5 nitrogen and oxygen atoms in total. The second-order valence-corrected chi connectivity index (χ2v) is 6.29. The molecule has 0 aliphatic rings. The number of rotatable bonds is 7. The Kier molecular flexibility index (Phi) is 7.01. The zero-order valence-electron chi connectivity index (χ0n) is 11.3. The van der Waals surface area contributed by atoms with Gasteiger partial charge in [0.05, 0.1) is 12.3 Å². The molecule has 1 atom stereocenters. The number of H-pyrrole nitrogens is 1. The summed E-state index contributed by atoms with van der Waals surface area (Å²) in [5, 5.41) is 0.0666. The Morgan fingerprint density at radius 2 is 2.26 bits per heavy atom. The lowest BCUT2D eigenvalue weighted by Crippen LogP contribution is -2.18. The molecule has 0 radical (unpaired) electrons. The van der Waals surface area contributed by atoms with E-state index in [9.17, 15) is 9.59 Å². The molecule has 106 valence electrons. The van der Waals surface area contributed by atoms with Crippen LogP contribution in [0.1, 0.15) is 26.5 Å². The highest BCUT2D eigenvalue weighted by atomic mass is 32.2. The van der Waals surface area contributed by atoms with E-state index in [4.69, 9.17) is 4.74 Å². The van der Waals surface area contributed by atoms with Crippen molar-refractivity contribution in [3.8, 4) is 0 Å². The molecule has 0 bridgehead atoms. The summed E-state index contributed by atoms with van der Waals surface area (Å²) in [6.45, 7) is 5.89. The van der Waals surface area contributed by atoms with Gasteiger partial charge in [-0.3, -0.25) is 9.59 Å². The third-order valence-electron chi connectivity index (χ3n) is 2.13. The highest BCUT2D eigenvalue weighted by molar-refractivity contribution is 8.00. The number of carbonyl (C=O) groups is 1. The van der Waals surface area contributed by atoms with Gasteiger partial charge >= 0.3 is 5.97 Å². The van der Waals surface area contributed by atoms with E-state index in [1.54, 1.807) is 25.6 Å². The standard InChI is InChI=1S/C12H18N2O3S2/c1-4-17-11(16)8(3)19-12-13-9(7-18-5-2)6-10(15)14-12/h6,8H,4-5,7H2,1-3H3,(H,13,14,15). The summed E-state index contributed by atoms with van der Waals surface area (Å²) < 4.78 is 4.92. The highest BCUT2D eigenvalue weighted by Gasteiger charge is 2.17. The molecular formula is C12H18N2O3S2. The van der Waals surface area contributed by atoms with E-state index in [-0.39, 0.29) is 11.5 Å². The molecule has 1 unspecified atom stereocenters. The average Bonchev–Trinajstić information content (AvgIpc) is 2.36. The van der Waals surface area contributed by atoms with Crippen molar-refractivity contribution in [1.29, 1.82) is 0 Å². The Labute approximate surface area is 120 Å². The fourth-order valence-corrected chi connectivity index (χ4v) is 2.68. The van der Waals surface area contributed by atoms with Crippen LogP contribution in [0.4, 0.5) is 0 Å². The first-order chi connectivity index (χ1) is 9.06. The number of aromatic nitrogens is 2. The molecule has 1 N–H and O–H groups in total. The van der Waals surface area contributed by atoms with Crippen LogP contribution in [-0.4, -0.2) is 33.5 Å². The number of nitrogens with one attached hydrogen (secondary N) is 1. The third-order valence-corrected chi connectivity index (χ3v) is 4.00. The van der Waals surface area contributed by atoms with Crippen LogP contribution in [0.5, 0.6) is 0 Å². The molecule has 1 aromatic heterocycles. The topological polar surface area (TPSA) is 72.0 Å². The summed E-state index contributed by atoms with van der Waals surface area (Å²) in [6.07, 6.45) is 0. The summed E-state index contributed by atoms with van der Waals surface area (Å²) in [6, 6.07) is 1.49. The third kappa shape index (κ3) is 5.69. The van der Waals surface area contributed by atoms with E-state index < -0.39 is 5.25 Å². The minimum atomic E-state index is -0.392. The molecule has 19 heavy (non-hydrogen) atoms. The van der Waals surface area contributed by atoms with Gasteiger partial charge in [-0.2, -0.15) is 11.8 Å². The van der Waals surface area contributed by atoms with Crippen LogP contribution in [0, 0.1) is 0 Å². The number of ether oxygens (including phenoxy) is 1. The second-order valence-electron chi connectivity index (χ2n) is 3.69. The van der Waals surface area contributed by atoms with Crippen molar-refractivity contribution < 1.29 is 9.53 Å². The van der Waals surface area contributed by atoms with Gasteiger partial charge in [0.15, 0.2) is 5.16 Å². The van der Waals surface area contributed by atoms with Crippen molar-refractivity contribution in [2.45, 2.75) is 36.9 Å². The number of carbonyl (C=O) groups excluding carboxylic acids is 1. The lowest BCUT2D eigenvalue weighted by Gasteiger charge is -2.09. The maximum atomic E-state index is 11.5. The summed E-state index contributed by atoms with van der Waals surface area (Å²) in [5.41, 5.74) is 0.537. The summed E-state index contributed by atoms with van der Waals surface area (Å²) in [5.74, 6) is 1.36. The normalized spacial score (nSPS) is 12.2. The molecule has 0 amide bonds. The van der Waals surface area contributed by atoms with Crippen molar-refractivity contribution in [2.24, 2.45) is 0 Å². The summed E-state index contributed by atoms with van der Waals surface area (Å²) in [4.78, 5) is 30.0. The molecule has 0 saturated carbocycles. The van der Waals surface area contributed by atoms with Gasteiger partial charge in [0, 0.05) is 11.8 Å². The lowest BCUT2D eigenvalue weighted by molar-refractivity contribution is -0.142. The fourth-order valence-electron chi connectivity index (χ4n) is 1.30.